The van der Waals surface area contributed by atoms with Gasteiger partial charge in [0.05, 0.1) is 5.69 Å². The molecule has 30 heavy (non-hydrogen) atoms. The number of carbonyl (C=O) groups excluding carboxylic acids is 1. The second-order valence-corrected chi connectivity index (χ2v) is 5.92. The molecule has 3 aromatic rings. The van der Waals surface area contributed by atoms with Crippen molar-refractivity contribution in [2.75, 3.05) is 5.32 Å². The lowest BCUT2D eigenvalue weighted by atomic mass is 10.1. The standard InChI is InChI=1S/C18H9F8N3O/c19-11-2-1-3-12(20)15(11)16(30)27-9-4-6-10(7-5-9)29-14(18(24,25)26)8-13(28-29)17(21,22)23/h1-8H,(H,27,30). The molecule has 0 atom stereocenters. The molecule has 0 saturated heterocycles. The van der Waals surface area contributed by atoms with Gasteiger partial charge in [0.15, 0.2) is 5.69 Å². The van der Waals surface area contributed by atoms with Crippen molar-refractivity contribution >= 4 is 11.6 Å². The van der Waals surface area contributed by atoms with Crippen molar-refractivity contribution in [3.8, 4) is 5.69 Å². The molecule has 0 aliphatic heterocycles. The Bertz CT molecular complexity index is 1060. The third kappa shape index (κ3) is 4.26. The highest BCUT2D eigenvalue weighted by Gasteiger charge is 2.42. The van der Waals surface area contributed by atoms with Crippen LogP contribution in [0.5, 0.6) is 0 Å². The quantitative estimate of drug-likeness (QED) is 0.557. The molecule has 158 valence electrons. The van der Waals surface area contributed by atoms with E-state index in [9.17, 15) is 39.9 Å². The van der Waals surface area contributed by atoms with Gasteiger partial charge in [-0.05, 0) is 36.4 Å². The summed E-state index contributed by atoms with van der Waals surface area (Å²) >= 11 is 0. The molecule has 2 aromatic carbocycles. The minimum Gasteiger partial charge on any atom is -0.322 e. The highest BCUT2D eigenvalue weighted by Crippen LogP contribution is 2.36. The normalized spacial score (nSPS) is 12.1. The fourth-order valence-corrected chi connectivity index (χ4v) is 2.51. The minimum absolute atomic E-state index is 0.0605. The van der Waals surface area contributed by atoms with E-state index in [1.807, 2.05) is 0 Å². The lowest BCUT2D eigenvalue weighted by Crippen LogP contribution is -2.16. The van der Waals surface area contributed by atoms with Gasteiger partial charge in [0.1, 0.15) is 22.9 Å². The van der Waals surface area contributed by atoms with Crippen LogP contribution in [0.2, 0.25) is 0 Å². The number of amides is 1. The van der Waals surface area contributed by atoms with Crippen molar-refractivity contribution in [2.24, 2.45) is 0 Å². The van der Waals surface area contributed by atoms with Crippen LogP contribution in [-0.4, -0.2) is 15.7 Å². The molecule has 0 radical (unpaired) electrons. The number of benzene rings is 2. The van der Waals surface area contributed by atoms with Gasteiger partial charge in [-0.15, -0.1) is 0 Å². The van der Waals surface area contributed by atoms with E-state index in [1.165, 1.54) is 0 Å². The molecule has 0 aliphatic rings. The average molecular weight is 435 g/mol. The van der Waals surface area contributed by atoms with E-state index < -0.39 is 46.8 Å². The van der Waals surface area contributed by atoms with Crippen LogP contribution in [0.3, 0.4) is 0 Å². The van der Waals surface area contributed by atoms with Crippen molar-refractivity contribution in [3.63, 3.8) is 0 Å². The molecular weight excluding hydrogens is 426 g/mol. The number of nitrogens with zero attached hydrogens (tertiary/aromatic N) is 2. The Morgan fingerprint density at radius 1 is 0.867 bits per heavy atom. The van der Waals surface area contributed by atoms with E-state index >= 15 is 0 Å². The van der Waals surface area contributed by atoms with Crippen molar-refractivity contribution in [3.05, 3.63) is 77.1 Å². The van der Waals surface area contributed by atoms with Crippen molar-refractivity contribution in [1.29, 1.82) is 0 Å². The van der Waals surface area contributed by atoms with E-state index in [-0.39, 0.29) is 22.1 Å². The van der Waals surface area contributed by atoms with E-state index in [0.29, 0.717) is 0 Å². The highest BCUT2D eigenvalue weighted by molar-refractivity contribution is 6.04. The zero-order valence-corrected chi connectivity index (χ0v) is 14.4. The molecule has 1 aromatic heterocycles. The van der Waals surface area contributed by atoms with Crippen LogP contribution in [0.15, 0.2) is 48.5 Å². The monoisotopic (exact) mass is 435 g/mol. The number of hydrogen-bond donors (Lipinski definition) is 1. The number of rotatable bonds is 3. The van der Waals surface area contributed by atoms with Crippen LogP contribution >= 0.6 is 0 Å². The van der Waals surface area contributed by atoms with Gasteiger partial charge in [-0.1, -0.05) is 6.07 Å². The first-order valence-corrected chi connectivity index (χ1v) is 7.98. The zero-order chi connectivity index (χ0) is 22.3. The Labute approximate surface area is 162 Å². The maximum atomic E-state index is 13.6. The first-order chi connectivity index (χ1) is 13.9. The predicted molar refractivity (Wildman–Crippen MR) is 87.9 cm³/mol. The van der Waals surface area contributed by atoms with E-state index in [0.717, 1.165) is 42.5 Å². The molecule has 1 heterocycles. The molecule has 0 bridgehead atoms. The van der Waals surface area contributed by atoms with Gasteiger partial charge in [-0.2, -0.15) is 31.4 Å². The number of carbonyl (C=O) groups is 1. The number of aromatic nitrogens is 2. The number of alkyl halides is 6. The van der Waals surface area contributed by atoms with E-state index in [1.54, 1.807) is 0 Å². The Morgan fingerprint density at radius 3 is 1.93 bits per heavy atom. The molecule has 0 spiro atoms. The molecule has 0 unspecified atom stereocenters. The summed E-state index contributed by atoms with van der Waals surface area (Å²) in [6.07, 6.45) is -10.2. The summed E-state index contributed by atoms with van der Waals surface area (Å²) in [4.78, 5) is 12.0. The Hall–Kier alpha value is -3.44. The molecule has 1 N–H and O–H groups in total. The first kappa shape index (κ1) is 21.3. The zero-order valence-electron chi connectivity index (χ0n) is 14.4. The maximum Gasteiger partial charge on any atom is 0.435 e. The summed E-state index contributed by atoms with van der Waals surface area (Å²) in [6, 6.07) is 6.63. The van der Waals surface area contributed by atoms with Gasteiger partial charge in [0.25, 0.3) is 5.91 Å². The SMILES string of the molecule is O=C(Nc1ccc(-n2nc(C(F)(F)F)cc2C(F)(F)F)cc1)c1c(F)cccc1F. The van der Waals surface area contributed by atoms with Gasteiger partial charge < -0.3 is 5.32 Å². The minimum atomic E-state index is -5.12. The van der Waals surface area contributed by atoms with Crippen LogP contribution in [0.4, 0.5) is 40.8 Å². The lowest BCUT2D eigenvalue weighted by Gasteiger charge is -2.11. The van der Waals surface area contributed by atoms with E-state index in [4.69, 9.17) is 0 Å². The second-order valence-electron chi connectivity index (χ2n) is 5.92. The topological polar surface area (TPSA) is 46.9 Å². The van der Waals surface area contributed by atoms with Gasteiger partial charge in [0, 0.05) is 11.8 Å². The third-order valence-electron chi connectivity index (χ3n) is 3.85. The molecule has 0 fully saturated rings. The Balaban J connectivity index is 1.91. The van der Waals surface area contributed by atoms with Gasteiger partial charge in [-0.3, -0.25) is 4.79 Å². The smallest absolute Gasteiger partial charge is 0.322 e. The number of halogens is 8. The Kier molecular flexibility index (Phi) is 5.27. The van der Waals surface area contributed by atoms with Crippen molar-refractivity contribution in [2.45, 2.75) is 12.4 Å². The largest absolute Gasteiger partial charge is 0.435 e. The number of hydrogen-bond acceptors (Lipinski definition) is 2. The van der Waals surface area contributed by atoms with Crippen LogP contribution in [0.1, 0.15) is 21.7 Å². The summed E-state index contributed by atoms with van der Waals surface area (Å²) in [5.74, 6) is -3.42. The molecular formula is C18H9F8N3O. The van der Waals surface area contributed by atoms with Gasteiger partial charge in [-0.25, -0.2) is 13.5 Å². The van der Waals surface area contributed by atoms with Crippen molar-refractivity contribution in [1.82, 2.24) is 9.78 Å². The molecule has 12 heteroatoms. The fourth-order valence-electron chi connectivity index (χ4n) is 2.51. The number of nitrogens with one attached hydrogen (secondary N) is 1. The average Bonchev–Trinajstić information content (AvgIpc) is 3.08. The summed E-state index contributed by atoms with van der Waals surface area (Å²) in [5.41, 5.74) is -4.71. The Morgan fingerprint density at radius 2 is 1.43 bits per heavy atom. The predicted octanol–water partition coefficient (Wildman–Crippen LogP) is 5.44. The third-order valence-corrected chi connectivity index (χ3v) is 3.85. The van der Waals surface area contributed by atoms with Crippen molar-refractivity contribution < 1.29 is 39.9 Å². The summed E-state index contributed by atoms with van der Waals surface area (Å²) in [6.45, 7) is 0. The van der Waals surface area contributed by atoms with Crippen LogP contribution in [-0.2, 0) is 12.4 Å². The lowest BCUT2D eigenvalue weighted by molar-refractivity contribution is -0.143. The number of anilines is 1. The first-order valence-electron chi connectivity index (χ1n) is 7.98. The molecule has 1 amide bonds. The summed E-state index contributed by atoms with van der Waals surface area (Å²) in [5, 5.41) is 5.11. The summed E-state index contributed by atoms with van der Waals surface area (Å²) in [7, 11) is 0. The molecule has 3 rings (SSSR count). The van der Waals surface area contributed by atoms with Crippen LogP contribution in [0, 0.1) is 11.6 Å². The van der Waals surface area contributed by atoms with Gasteiger partial charge in [0.2, 0.25) is 0 Å². The molecule has 0 aliphatic carbocycles. The maximum absolute atomic E-state index is 13.6. The summed E-state index contributed by atoms with van der Waals surface area (Å²) < 4.78 is 105. The second kappa shape index (κ2) is 7.43. The highest BCUT2D eigenvalue weighted by atomic mass is 19.4. The fraction of sp³-hybridized carbons (Fsp3) is 0.111. The van der Waals surface area contributed by atoms with Crippen LogP contribution < -0.4 is 5.32 Å². The van der Waals surface area contributed by atoms with Crippen LogP contribution in [0.25, 0.3) is 5.69 Å². The molecule has 0 saturated carbocycles. The van der Waals surface area contributed by atoms with E-state index in [2.05, 4.69) is 10.4 Å². The van der Waals surface area contributed by atoms with Gasteiger partial charge >= 0.3 is 12.4 Å². The molecule has 4 nitrogen and oxygen atoms in total.